The number of piperazine rings is 2. The number of hydrogen-bond donors (Lipinski definition) is 5. The van der Waals surface area contributed by atoms with Gasteiger partial charge in [-0.1, -0.05) is 89.3 Å². The Bertz CT molecular complexity index is 5250. The lowest BCUT2D eigenvalue weighted by atomic mass is 9.78. The van der Waals surface area contributed by atoms with Crippen LogP contribution in [0.5, 0.6) is 0 Å². The van der Waals surface area contributed by atoms with Gasteiger partial charge in [0.15, 0.2) is 17.0 Å². The molecule has 0 spiro atoms. The molecule has 7 aromatic rings. The van der Waals surface area contributed by atoms with Gasteiger partial charge in [0, 0.05) is 187 Å². The highest BCUT2D eigenvalue weighted by molar-refractivity contribution is 6.39. The average Bonchev–Trinajstić information content (AvgIpc) is 1.70. The summed E-state index contributed by atoms with van der Waals surface area (Å²) in [5, 5.41) is 32.6. The molecule has 16 atom stereocenters. The molecule has 5 aromatic heterocycles. The number of aromatic nitrogens is 9. The minimum absolute atomic E-state index is 0.00755. The summed E-state index contributed by atoms with van der Waals surface area (Å²) in [7, 11) is 6.18. The van der Waals surface area contributed by atoms with Gasteiger partial charge in [-0.2, -0.15) is 10.1 Å². The maximum absolute atomic E-state index is 15.0. The highest BCUT2D eigenvalue weighted by atomic mass is 16.6. The zero-order valence-electron chi connectivity index (χ0n) is 78.1. The van der Waals surface area contributed by atoms with Crippen LogP contribution in [0.25, 0.3) is 33.4 Å². The normalized spacial score (nSPS) is 28.0. The largest absolute Gasteiger partial charge is 0.460 e. The van der Waals surface area contributed by atoms with Crippen LogP contribution in [0, 0.1) is 35.5 Å². The van der Waals surface area contributed by atoms with Crippen molar-refractivity contribution in [2.24, 2.45) is 35.5 Å². The van der Waals surface area contributed by atoms with Gasteiger partial charge in [0.2, 0.25) is 17.7 Å². The minimum atomic E-state index is -2.46. The van der Waals surface area contributed by atoms with Crippen LogP contribution in [0.15, 0.2) is 120 Å². The SMILES string of the molecule is CO[C@H]1C[C@@H]2CC[C@@H](C)[C@@](O)(O2)C(=O)C(=O)N2CCCC[C@H]2C(=O)O[C@H]([C@H](C)C[C@@H]2CC[C@@H](OC(=O)NCc3cnc(N4CCN(CCOCCN5CCN(c6ncc(C(=O)N7CCc8cc(Cn9nc(-c%10ccc%11oc(N)nc%11c%10)c%10c(N)ncnc%109)ccc8C7)cn6)CC5)CC4)nc3)[C@H](OC)C2)C[C@@H](OC)[C@H](C)/C=C(\C)[C@@H](O)[C@@H](OC)C(=O)[C@H](C)C[C@H](C)/C=C/C=CC=C1C. The number of nitrogen functional groups attached to an aromatic ring is 2. The quantitative estimate of drug-likeness (QED) is 0.0182. The van der Waals surface area contributed by atoms with Gasteiger partial charge in [-0.25, -0.2) is 44.2 Å². The smallest absolute Gasteiger partial charge is 0.407 e. The highest BCUT2D eigenvalue weighted by Crippen LogP contribution is 2.41. The standard InChI is InChI=1S/C97H132N18O17/c1-59-17-13-12-14-18-60(2)78(124-8)49-73-25-20-65(7)97(123,132-73)87(118)91(120)114-29-16-15-19-75(114)92(121)129-80(50-79(125-9)61(3)44-64(6)85(117)86(127-11)84(116)63(5)43-59)62(4)45-66-22-26-77(81(47-66)126-10)131-96(122)104-53-68-51-100-94(101-52-68)111-35-31-109(32-36-111)39-41-128-42-40-110-33-37-112(38-34-110)95-102-54-72(55-103-95)90(119)113-30-28-69-46-67(21-23-71(69)57-113)56-115-89-82(88(98)105-58-106-89)83(108-115)70-24-27-76-74(48-70)107-93(99)130-76/h12-14,17-18,21,23-24,27,44,46,48,51-52,54-55,58-59,61-63,65-66,73,75,77-81,85-86,117,123H,15-16,19-20,22,25-26,28-43,45,47,49-50,53,56-57H2,1-11H3,(H2,99,107)(H,104,122)(H2,98,105,106)/b14-12?,17-13+,60-18?,64-44+/t59-,61-,62-,63-,65-,66+,73+,75+,77-,78+,79-,80+,81-,85-,86+,97-/m1/s1. The van der Waals surface area contributed by atoms with Crippen LogP contribution in [0.2, 0.25) is 0 Å². The van der Waals surface area contributed by atoms with Gasteiger partial charge in [-0.3, -0.25) is 29.0 Å². The summed E-state index contributed by atoms with van der Waals surface area (Å²) in [6, 6.07) is 10.8. The molecule has 1 saturated carbocycles. The van der Waals surface area contributed by atoms with Gasteiger partial charge in [-0.05, 0) is 148 Å². The number of esters is 1. The Morgan fingerprint density at radius 2 is 1.42 bits per heavy atom. The number of aliphatic hydroxyl groups is 2. The van der Waals surface area contributed by atoms with Crippen LogP contribution in [0.4, 0.5) is 28.5 Å². The Morgan fingerprint density at radius 1 is 0.705 bits per heavy atom. The first-order valence-corrected chi connectivity index (χ1v) is 46.8. The summed E-state index contributed by atoms with van der Waals surface area (Å²) < 4.78 is 56.4. The maximum atomic E-state index is 15.0. The molecular weight excluding hydrogens is 1690 g/mol. The number of cyclic esters (lactones) is 1. The van der Waals surface area contributed by atoms with Gasteiger partial charge in [-0.15, -0.1) is 0 Å². The molecule has 35 nitrogen and oxygen atoms in total. The van der Waals surface area contributed by atoms with Crippen LogP contribution in [0.1, 0.15) is 158 Å². The summed E-state index contributed by atoms with van der Waals surface area (Å²) in [4.78, 5) is 130. The number of nitrogens with two attached hydrogens (primary N) is 2. The van der Waals surface area contributed by atoms with E-state index in [4.69, 9.17) is 58.9 Å². The zero-order chi connectivity index (χ0) is 93.4. The number of rotatable bonds is 22. The molecule has 2 bridgehead atoms. The number of benzene rings is 2. The Labute approximate surface area is 771 Å². The highest BCUT2D eigenvalue weighted by Gasteiger charge is 2.53. The lowest BCUT2D eigenvalue weighted by Crippen LogP contribution is -2.61. The molecule has 35 heteroatoms. The number of oxazole rings is 1. The first kappa shape index (κ1) is 97.4. The number of carbonyl (C=O) groups excluding carboxylic acids is 6. The van der Waals surface area contributed by atoms with Crippen molar-refractivity contribution in [3.63, 3.8) is 0 Å². The summed E-state index contributed by atoms with van der Waals surface area (Å²) in [6.45, 7) is 24.1. The molecule has 132 heavy (non-hydrogen) atoms. The molecule has 712 valence electrons. The van der Waals surface area contributed by atoms with Crippen molar-refractivity contribution in [2.45, 2.75) is 212 Å². The van der Waals surface area contributed by atoms with E-state index in [9.17, 15) is 34.2 Å². The van der Waals surface area contributed by atoms with E-state index in [1.807, 2.05) is 92.8 Å². The summed E-state index contributed by atoms with van der Waals surface area (Å²) in [6.07, 6.45) is 19.4. The number of Topliss-reactive ketones (excluding diaryl/α,β-unsaturated/α-hetero) is 2. The number of nitrogens with one attached hydrogen (secondary N) is 1. The molecule has 0 unspecified atom stereocenters. The van der Waals surface area contributed by atoms with E-state index in [-0.39, 0.29) is 67.3 Å². The maximum Gasteiger partial charge on any atom is 0.407 e. The Morgan fingerprint density at radius 3 is 2.11 bits per heavy atom. The molecule has 2 aromatic carbocycles. The lowest BCUT2D eigenvalue weighted by Gasteiger charge is -2.43. The number of nitrogens with zero attached hydrogens (tertiary/aromatic N) is 15. The third-order valence-electron chi connectivity index (χ3n) is 27.7. The molecule has 7 aliphatic rings. The second-order valence-electron chi connectivity index (χ2n) is 36.9. The number of ether oxygens (including phenoxy) is 8. The van der Waals surface area contributed by atoms with E-state index < -0.39 is 96.2 Å². The molecule has 1 aliphatic carbocycles. The van der Waals surface area contributed by atoms with Crippen molar-refractivity contribution in [2.75, 3.05) is 141 Å². The fourth-order valence-electron chi connectivity index (χ4n) is 19.7. The molecule has 4 saturated heterocycles. The number of methoxy groups -OCH3 is 4. The van der Waals surface area contributed by atoms with E-state index in [1.165, 1.54) is 23.9 Å². The third kappa shape index (κ3) is 23.8. The minimum Gasteiger partial charge on any atom is -0.460 e. The molecule has 0 radical (unpaired) electrons. The molecule has 7 N–H and O–H groups in total. The van der Waals surface area contributed by atoms with Crippen molar-refractivity contribution < 1.29 is 81.3 Å². The van der Waals surface area contributed by atoms with E-state index in [0.29, 0.717) is 166 Å². The van der Waals surface area contributed by atoms with Gasteiger partial charge in [0.1, 0.15) is 53.8 Å². The Balaban J connectivity index is 0.504. The number of amides is 3. The number of anilines is 4. The Hall–Kier alpha value is -10.6. The van der Waals surface area contributed by atoms with E-state index >= 15 is 4.79 Å². The number of carbonyl (C=O) groups is 6. The van der Waals surface area contributed by atoms with Crippen LogP contribution in [-0.2, 0) is 83.1 Å². The van der Waals surface area contributed by atoms with Gasteiger partial charge < -0.3 is 88.9 Å². The number of aliphatic hydroxyl groups excluding tert-OH is 1. The second-order valence-corrected chi connectivity index (χ2v) is 36.9. The fraction of sp³-hybridized carbons (Fsp3) is 0.588. The molecule has 6 aliphatic heterocycles. The van der Waals surface area contributed by atoms with Crippen molar-refractivity contribution in [3.05, 3.63) is 143 Å². The monoisotopic (exact) mass is 1820 g/mol. The topological polar surface area (TPSA) is 421 Å². The zero-order valence-corrected chi connectivity index (χ0v) is 78.1. The number of piperidine rings is 1. The van der Waals surface area contributed by atoms with Crippen molar-refractivity contribution in [1.29, 1.82) is 0 Å². The average molecular weight is 1820 g/mol. The summed E-state index contributed by atoms with van der Waals surface area (Å²) >= 11 is 0. The molecule has 11 heterocycles. The lowest BCUT2D eigenvalue weighted by molar-refractivity contribution is -0.265. The summed E-state index contributed by atoms with van der Waals surface area (Å²) in [5.74, 6) is -5.92. The molecular formula is C97H132N18O17. The molecule has 5 fully saturated rings. The second kappa shape index (κ2) is 45.0. The number of alkyl carbamates (subject to hydrolysis) is 1. The number of fused-ring (bicyclic) bond motifs is 6. The molecule has 14 rings (SSSR count). The van der Waals surface area contributed by atoms with E-state index in [1.54, 1.807) is 66.0 Å². The number of ketones is 2. The van der Waals surface area contributed by atoms with E-state index in [0.717, 1.165) is 87.7 Å². The fourth-order valence-corrected chi connectivity index (χ4v) is 19.7. The Kier molecular flexibility index (Phi) is 33.2. The van der Waals surface area contributed by atoms with Crippen molar-refractivity contribution >= 4 is 81.3 Å². The summed E-state index contributed by atoms with van der Waals surface area (Å²) in [5.41, 5.74) is 21.3. The van der Waals surface area contributed by atoms with Crippen LogP contribution in [0.3, 0.4) is 0 Å². The van der Waals surface area contributed by atoms with E-state index in [2.05, 4.69) is 78.0 Å². The van der Waals surface area contributed by atoms with Gasteiger partial charge >= 0.3 is 12.1 Å². The van der Waals surface area contributed by atoms with Crippen LogP contribution < -0.4 is 26.6 Å². The first-order valence-electron chi connectivity index (χ1n) is 46.8. The predicted molar refractivity (Wildman–Crippen MR) is 495 cm³/mol. The van der Waals surface area contributed by atoms with Crippen molar-refractivity contribution in [3.8, 4) is 11.3 Å². The van der Waals surface area contributed by atoms with Gasteiger partial charge in [0.05, 0.1) is 55.1 Å². The molecule has 3 amide bonds. The number of hydrogen-bond acceptors (Lipinski definition) is 31. The van der Waals surface area contributed by atoms with Crippen LogP contribution >= 0.6 is 0 Å². The third-order valence-corrected chi connectivity index (χ3v) is 27.7. The van der Waals surface area contributed by atoms with Crippen molar-refractivity contribution in [1.82, 2.24) is 69.6 Å². The first-order chi connectivity index (χ1) is 63.6. The number of allylic oxidation sites excluding steroid dienone is 5. The van der Waals surface area contributed by atoms with Crippen LogP contribution in [-0.4, -0.2) is 291 Å². The van der Waals surface area contributed by atoms with Gasteiger partial charge in [0.25, 0.3) is 23.6 Å². The predicted octanol–water partition coefficient (Wildman–Crippen LogP) is 9.46.